The fourth-order valence-corrected chi connectivity index (χ4v) is 11.0. The second kappa shape index (κ2) is 14.6. The topological polar surface area (TPSA) is 12.0 Å². The van der Waals surface area contributed by atoms with Crippen LogP contribution in [0, 0.1) is 29.1 Å². The Balaban J connectivity index is 1.01. The number of hydrogen-bond acceptors (Lipinski definition) is 1. The third-order valence-electron chi connectivity index (χ3n) is 13.5. The van der Waals surface area contributed by atoms with Gasteiger partial charge in [0, 0.05) is 27.4 Å². The zero-order chi connectivity index (χ0) is 37.6. The molecular formula is C52H54ClN. The Labute approximate surface area is 329 Å². The van der Waals surface area contributed by atoms with Gasteiger partial charge in [0.25, 0.3) is 0 Å². The molecule has 1 spiro atoms. The zero-order valence-electron chi connectivity index (χ0n) is 32.5. The van der Waals surface area contributed by atoms with Crippen molar-refractivity contribution in [3.05, 3.63) is 185 Å². The monoisotopic (exact) mass is 727 g/mol. The Hall–Kier alpha value is -4.59. The first-order valence-electron chi connectivity index (χ1n) is 20.0. The minimum absolute atomic E-state index is 0.120. The molecule has 0 unspecified atom stereocenters. The Bertz CT molecular complexity index is 2200. The van der Waals surface area contributed by atoms with Crippen molar-refractivity contribution in [2.75, 3.05) is 5.32 Å². The normalized spacial score (nSPS) is 25.6. The van der Waals surface area contributed by atoms with Gasteiger partial charge >= 0.3 is 0 Å². The average Bonchev–Trinajstić information content (AvgIpc) is 3.42. The average molecular weight is 728 g/mol. The quantitative estimate of drug-likeness (QED) is 0.160. The summed E-state index contributed by atoms with van der Waals surface area (Å²) in [6, 6.07) is 34.7. The van der Waals surface area contributed by atoms with Crippen LogP contribution in [-0.4, -0.2) is 0 Å². The Morgan fingerprint density at radius 2 is 1.48 bits per heavy atom. The molecule has 4 aromatic rings. The predicted octanol–water partition coefficient (Wildman–Crippen LogP) is 14.5. The van der Waals surface area contributed by atoms with E-state index < -0.39 is 0 Å². The van der Waals surface area contributed by atoms with Gasteiger partial charge in [-0.25, -0.2) is 0 Å². The minimum Gasteiger partial charge on any atom is -0.355 e. The molecule has 0 saturated heterocycles. The van der Waals surface area contributed by atoms with Gasteiger partial charge in [0.05, 0.1) is 0 Å². The van der Waals surface area contributed by atoms with Crippen LogP contribution in [0.25, 0.3) is 22.3 Å². The molecule has 4 aromatic carbocycles. The van der Waals surface area contributed by atoms with Crippen molar-refractivity contribution >= 4 is 28.4 Å². The Morgan fingerprint density at radius 3 is 2.19 bits per heavy atom. The molecule has 1 N–H and O–H groups in total. The van der Waals surface area contributed by atoms with Gasteiger partial charge < -0.3 is 5.32 Å². The molecule has 5 aliphatic rings. The fourth-order valence-electron chi connectivity index (χ4n) is 10.8. The van der Waals surface area contributed by atoms with E-state index in [1.54, 1.807) is 5.56 Å². The number of fused-ring (bicyclic) bond motifs is 1. The largest absolute Gasteiger partial charge is 0.355 e. The van der Waals surface area contributed by atoms with E-state index in [9.17, 15) is 0 Å². The van der Waals surface area contributed by atoms with Gasteiger partial charge in [0.15, 0.2) is 0 Å². The van der Waals surface area contributed by atoms with E-state index in [4.69, 9.17) is 18.2 Å². The molecule has 0 radical (unpaired) electrons. The maximum absolute atomic E-state index is 6.93. The van der Waals surface area contributed by atoms with Crippen molar-refractivity contribution in [1.29, 1.82) is 0 Å². The lowest BCUT2D eigenvalue weighted by atomic mass is 9.43. The van der Waals surface area contributed by atoms with E-state index in [0.29, 0.717) is 0 Å². The van der Waals surface area contributed by atoms with Gasteiger partial charge in [0.2, 0.25) is 0 Å². The standard InChI is InChI=1S/C52H54ClN/c1-7-44(54-50-20-14-12-18-46(50)39-15-9-8-10-16-39)24-22-35(3)51(5,6)33-41-32-40(23-26-49(41)53)34(2)21-25-47-36(4)45-17-11-13-19-48(45)52(47)42-28-37-27-38(30-42)31-43(52)29-37/h7-26,32,37-38,42-43,54H,3-4,27-31,33H2,1-2,5-6H3/b24-22-,34-21+,44-7+,47-25+. The van der Waals surface area contributed by atoms with Crippen molar-refractivity contribution in [3.8, 4) is 11.1 Å². The fraction of sp³-hybridized carbons (Fsp3) is 0.308. The molecule has 0 heterocycles. The molecule has 0 atom stereocenters. The first-order valence-corrected chi connectivity index (χ1v) is 20.4. The summed E-state index contributed by atoms with van der Waals surface area (Å²) in [6.07, 6.45) is 18.9. The number of anilines is 1. The van der Waals surface area contributed by atoms with Crippen LogP contribution in [0.1, 0.15) is 82.1 Å². The minimum atomic E-state index is -0.210. The van der Waals surface area contributed by atoms with E-state index >= 15 is 0 Å². The van der Waals surface area contributed by atoms with Gasteiger partial charge in [-0.15, -0.1) is 0 Å². The van der Waals surface area contributed by atoms with Gasteiger partial charge in [-0.2, -0.15) is 0 Å². The lowest BCUT2D eigenvalue weighted by molar-refractivity contribution is -0.0399. The van der Waals surface area contributed by atoms with Crippen molar-refractivity contribution in [3.63, 3.8) is 0 Å². The second-order valence-corrected chi connectivity index (χ2v) is 17.5. The lowest BCUT2D eigenvalue weighted by Gasteiger charge is -2.61. The second-order valence-electron chi connectivity index (χ2n) is 17.1. The van der Waals surface area contributed by atoms with Crippen LogP contribution in [0.15, 0.2) is 157 Å². The van der Waals surface area contributed by atoms with E-state index in [2.05, 4.69) is 167 Å². The maximum Gasteiger partial charge on any atom is 0.0463 e. The van der Waals surface area contributed by atoms with Gasteiger partial charge in [-0.1, -0.05) is 142 Å². The maximum atomic E-state index is 6.93. The molecular weight excluding hydrogens is 674 g/mol. The molecule has 274 valence electrons. The summed E-state index contributed by atoms with van der Waals surface area (Å²) in [5.41, 5.74) is 14.7. The SMILES string of the molecule is C=C1/C(=C\C=C(/C)c2ccc(Cl)c(CC(C)(C)C(=C)/C=C\C(=C/C)Nc3ccccc3-c3ccccc3)c2)C2(c3ccccc31)C1CC3CC(C1)CC2C3. The molecule has 54 heavy (non-hydrogen) atoms. The molecule has 2 heteroatoms. The molecule has 1 nitrogen and oxygen atoms in total. The van der Waals surface area contributed by atoms with Crippen molar-refractivity contribution < 1.29 is 0 Å². The van der Waals surface area contributed by atoms with Crippen molar-refractivity contribution in [2.45, 2.75) is 71.6 Å². The molecule has 4 fully saturated rings. The number of para-hydroxylation sites is 1. The van der Waals surface area contributed by atoms with Crippen LogP contribution in [0.3, 0.4) is 0 Å². The number of benzene rings is 4. The predicted molar refractivity (Wildman–Crippen MR) is 232 cm³/mol. The van der Waals surface area contributed by atoms with Crippen LogP contribution in [0.2, 0.25) is 5.02 Å². The lowest BCUT2D eigenvalue weighted by Crippen LogP contribution is -2.55. The number of nitrogens with one attached hydrogen (secondary N) is 1. The molecule has 9 rings (SSSR count). The number of allylic oxidation sites excluding steroid dienone is 9. The van der Waals surface area contributed by atoms with Gasteiger partial charge in [-0.3, -0.25) is 0 Å². The van der Waals surface area contributed by atoms with Crippen LogP contribution >= 0.6 is 11.6 Å². The molecule has 0 aliphatic heterocycles. The smallest absolute Gasteiger partial charge is 0.0463 e. The number of hydrogen-bond donors (Lipinski definition) is 1. The number of rotatable bonds is 10. The molecule has 4 bridgehead atoms. The molecule has 4 saturated carbocycles. The van der Waals surface area contributed by atoms with E-state index in [1.807, 2.05) is 0 Å². The highest BCUT2D eigenvalue weighted by Crippen LogP contribution is 2.69. The highest BCUT2D eigenvalue weighted by atomic mass is 35.5. The summed E-state index contributed by atoms with van der Waals surface area (Å²) in [5, 5.41) is 4.45. The van der Waals surface area contributed by atoms with E-state index in [0.717, 1.165) is 57.6 Å². The van der Waals surface area contributed by atoms with Gasteiger partial charge in [0.1, 0.15) is 0 Å². The highest BCUT2D eigenvalue weighted by Gasteiger charge is 2.62. The third kappa shape index (κ3) is 6.49. The third-order valence-corrected chi connectivity index (χ3v) is 13.8. The zero-order valence-corrected chi connectivity index (χ0v) is 33.2. The summed E-state index contributed by atoms with van der Waals surface area (Å²) in [5.74, 6) is 3.30. The molecule has 0 aromatic heterocycles. The molecule has 0 amide bonds. The summed E-state index contributed by atoms with van der Waals surface area (Å²) >= 11 is 6.93. The summed E-state index contributed by atoms with van der Waals surface area (Å²) in [6.45, 7) is 18.1. The Kier molecular flexibility index (Phi) is 9.82. The molecule has 5 aliphatic carbocycles. The van der Waals surface area contributed by atoms with E-state index in [-0.39, 0.29) is 10.8 Å². The van der Waals surface area contributed by atoms with Crippen LogP contribution in [0.5, 0.6) is 0 Å². The van der Waals surface area contributed by atoms with Gasteiger partial charge in [-0.05, 0) is 156 Å². The first kappa shape index (κ1) is 36.4. The number of halogens is 1. The Morgan fingerprint density at radius 1 is 0.833 bits per heavy atom. The highest BCUT2D eigenvalue weighted by molar-refractivity contribution is 6.31. The van der Waals surface area contributed by atoms with Crippen molar-refractivity contribution in [1.82, 2.24) is 0 Å². The first-order chi connectivity index (χ1) is 26.1. The van der Waals surface area contributed by atoms with Crippen LogP contribution < -0.4 is 5.32 Å². The van der Waals surface area contributed by atoms with Crippen LogP contribution in [0.4, 0.5) is 5.69 Å². The summed E-state index contributed by atoms with van der Waals surface area (Å²) in [7, 11) is 0. The van der Waals surface area contributed by atoms with Crippen LogP contribution in [-0.2, 0) is 11.8 Å². The van der Waals surface area contributed by atoms with Crippen molar-refractivity contribution in [2.24, 2.45) is 29.1 Å². The summed E-state index contributed by atoms with van der Waals surface area (Å²) in [4.78, 5) is 0. The van der Waals surface area contributed by atoms with E-state index in [1.165, 1.54) is 71.1 Å². The summed E-state index contributed by atoms with van der Waals surface area (Å²) < 4.78 is 0.